The first-order chi connectivity index (χ1) is 9.52. The number of aryl methyl sites for hydroxylation is 1. The highest BCUT2D eigenvalue weighted by Crippen LogP contribution is 2.21. The van der Waals surface area contributed by atoms with Gasteiger partial charge in [0.25, 0.3) is 0 Å². The summed E-state index contributed by atoms with van der Waals surface area (Å²) in [6.07, 6.45) is 0. The molecule has 0 fully saturated rings. The number of aromatic nitrogens is 1. The second-order valence-corrected chi connectivity index (χ2v) is 7.67. The van der Waals surface area contributed by atoms with Gasteiger partial charge >= 0.3 is 5.76 Å². The molecule has 1 N–H and O–H groups in total. The average Bonchev–Trinajstić information content (AvgIpc) is 2.62. The van der Waals surface area contributed by atoms with Crippen molar-refractivity contribution in [1.82, 2.24) is 8.87 Å². The third-order valence-electron chi connectivity index (χ3n) is 3.08. The van der Waals surface area contributed by atoms with Crippen LogP contribution in [0.3, 0.4) is 0 Å². The van der Waals surface area contributed by atoms with E-state index in [0.29, 0.717) is 5.52 Å². The molecule has 0 saturated carbocycles. The molecule has 116 valence electrons. The van der Waals surface area contributed by atoms with Gasteiger partial charge in [0.2, 0.25) is 10.0 Å². The van der Waals surface area contributed by atoms with Crippen LogP contribution in [-0.4, -0.2) is 41.6 Å². The molecule has 21 heavy (non-hydrogen) atoms. The number of rotatable bonds is 4. The number of hydrogen-bond donors (Lipinski definition) is 1. The Labute approximate surface area is 122 Å². The zero-order valence-corrected chi connectivity index (χ0v) is 13.1. The molecule has 0 bridgehead atoms. The van der Waals surface area contributed by atoms with Crippen LogP contribution in [0.25, 0.3) is 11.1 Å². The zero-order chi connectivity index (χ0) is 16.0. The van der Waals surface area contributed by atoms with Gasteiger partial charge in [0.1, 0.15) is 0 Å². The van der Waals surface area contributed by atoms with Crippen LogP contribution in [0, 0.1) is 0 Å². The van der Waals surface area contributed by atoms with Crippen LogP contribution in [0.2, 0.25) is 0 Å². The summed E-state index contributed by atoms with van der Waals surface area (Å²) in [5, 5.41) is 9.74. The number of likely N-dealkylation sites (N-methyl/N-ethyl adjacent to an activating group) is 1. The van der Waals surface area contributed by atoms with Gasteiger partial charge in [-0.3, -0.25) is 4.57 Å². The lowest BCUT2D eigenvalue weighted by Crippen LogP contribution is -2.39. The van der Waals surface area contributed by atoms with E-state index in [1.165, 1.54) is 43.7 Å². The van der Waals surface area contributed by atoms with Gasteiger partial charge in [0.15, 0.2) is 5.58 Å². The molecule has 1 aromatic heterocycles. The smallest absolute Gasteiger partial charge is 0.408 e. The maximum absolute atomic E-state index is 12.4. The topological polar surface area (TPSA) is 92.8 Å². The highest BCUT2D eigenvalue weighted by molar-refractivity contribution is 7.89. The molecular weight excluding hydrogens is 296 g/mol. The van der Waals surface area contributed by atoms with E-state index < -0.39 is 21.4 Å². The molecule has 1 heterocycles. The van der Waals surface area contributed by atoms with Crippen LogP contribution >= 0.6 is 0 Å². The Balaban J connectivity index is 2.48. The van der Waals surface area contributed by atoms with E-state index in [1.54, 1.807) is 7.05 Å². The molecule has 0 saturated heterocycles. The van der Waals surface area contributed by atoms with Gasteiger partial charge in [0.05, 0.1) is 16.0 Å². The zero-order valence-electron chi connectivity index (χ0n) is 12.3. The van der Waals surface area contributed by atoms with E-state index in [4.69, 9.17) is 4.42 Å². The Morgan fingerprint density at radius 3 is 2.57 bits per heavy atom. The minimum absolute atomic E-state index is 0.0103. The summed E-state index contributed by atoms with van der Waals surface area (Å²) >= 11 is 0. The molecule has 0 radical (unpaired) electrons. The molecular formula is C13H18N2O5S. The van der Waals surface area contributed by atoms with Crippen LogP contribution < -0.4 is 5.76 Å². The van der Waals surface area contributed by atoms with Gasteiger partial charge in [-0.15, -0.1) is 0 Å². The lowest BCUT2D eigenvalue weighted by molar-refractivity contribution is 0.0640. The Bertz CT molecular complexity index is 826. The van der Waals surface area contributed by atoms with Crippen molar-refractivity contribution in [2.24, 2.45) is 7.05 Å². The molecule has 0 aliphatic carbocycles. The Morgan fingerprint density at radius 1 is 1.38 bits per heavy atom. The molecule has 8 heteroatoms. The van der Waals surface area contributed by atoms with Crippen LogP contribution in [0.4, 0.5) is 0 Å². The van der Waals surface area contributed by atoms with Gasteiger partial charge in [0, 0.05) is 26.7 Å². The minimum atomic E-state index is -3.77. The molecule has 0 amide bonds. The first-order valence-corrected chi connectivity index (χ1v) is 7.75. The first-order valence-electron chi connectivity index (χ1n) is 6.31. The average molecular weight is 314 g/mol. The molecule has 2 aromatic rings. The number of sulfonamides is 1. The quantitative estimate of drug-likeness (QED) is 0.888. The number of fused-ring (bicyclic) bond motifs is 1. The van der Waals surface area contributed by atoms with Gasteiger partial charge in [-0.25, -0.2) is 13.2 Å². The minimum Gasteiger partial charge on any atom is -0.408 e. The summed E-state index contributed by atoms with van der Waals surface area (Å²) in [7, 11) is -0.833. The van der Waals surface area contributed by atoms with Crippen molar-refractivity contribution < 1.29 is 17.9 Å². The molecule has 0 spiro atoms. The summed E-state index contributed by atoms with van der Waals surface area (Å²) < 4.78 is 32.2. The van der Waals surface area contributed by atoms with E-state index in [9.17, 15) is 18.3 Å². The second-order valence-electron chi connectivity index (χ2n) is 5.63. The summed E-state index contributed by atoms with van der Waals surface area (Å²) in [6.45, 7) is 3.00. The summed E-state index contributed by atoms with van der Waals surface area (Å²) in [4.78, 5) is 11.4. The van der Waals surface area contributed by atoms with Crippen molar-refractivity contribution >= 4 is 21.1 Å². The number of oxazole rings is 1. The Hall–Kier alpha value is -1.64. The van der Waals surface area contributed by atoms with E-state index in [1.807, 2.05) is 0 Å². The predicted molar refractivity (Wildman–Crippen MR) is 77.6 cm³/mol. The van der Waals surface area contributed by atoms with Crippen molar-refractivity contribution in [3.63, 3.8) is 0 Å². The molecule has 0 unspecified atom stereocenters. The third-order valence-corrected chi connectivity index (χ3v) is 4.88. The normalized spacial score (nSPS) is 13.2. The van der Waals surface area contributed by atoms with Gasteiger partial charge < -0.3 is 9.52 Å². The van der Waals surface area contributed by atoms with Crippen LogP contribution in [0.5, 0.6) is 0 Å². The SMILES string of the molecule is CN(CC(C)(C)O)S(=O)(=O)c1ccc2c(c1)oc(=O)n2C. The van der Waals surface area contributed by atoms with Gasteiger partial charge in [-0.05, 0) is 26.0 Å². The summed E-state index contributed by atoms with van der Waals surface area (Å²) in [6, 6.07) is 4.24. The van der Waals surface area contributed by atoms with Crippen molar-refractivity contribution in [2.75, 3.05) is 13.6 Å². The fraction of sp³-hybridized carbons (Fsp3) is 0.462. The highest BCUT2D eigenvalue weighted by Gasteiger charge is 2.27. The van der Waals surface area contributed by atoms with Crippen molar-refractivity contribution in [3.8, 4) is 0 Å². The second kappa shape index (κ2) is 4.97. The predicted octanol–water partition coefficient (Wildman–Crippen LogP) is 0.523. The summed E-state index contributed by atoms with van der Waals surface area (Å²) in [5.41, 5.74) is -0.421. The molecule has 1 aromatic carbocycles. The molecule has 0 aliphatic heterocycles. The maximum atomic E-state index is 12.4. The van der Waals surface area contributed by atoms with E-state index in [2.05, 4.69) is 0 Å². The molecule has 0 aliphatic rings. The molecule has 0 atom stereocenters. The number of nitrogens with zero attached hydrogens (tertiary/aromatic N) is 2. The molecule has 2 rings (SSSR count). The lowest BCUT2D eigenvalue weighted by atomic mass is 10.1. The monoisotopic (exact) mass is 314 g/mol. The van der Waals surface area contributed by atoms with Crippen molar-refractivity contribution in [2.45, 2.75) is 24.3 Å². The van der Waals surface area contributed by atoms with Gasteiger partial charge in [-0.2, -0.15) is 4.31 Å². The number of hydrogen-bond acceptors (Lipinski definition) is 5. The van der Waals surface area contributed by atoms with Crippen LogP contribution in [0.1, 0.15) is 13.8 Å². The maximum Gasteiger partial charge on any atom is 0.419 e. The van der Waals surface area contributed by atoms with E-state index >= 15 is 0 Å². The third kappa shape index (κ3) is 3.02. The summed E-state index contributed by atoms with van der Waals surface area (Å²) in [5.74, 6) is -0.551. The fourth-order valence-corrected chi connectivity index (χ4v) is 3.43. The molecule has 7 nitrogen and oxygen atoms in total. The highest BCUT2D eigenvalue weighted by atomic mass is 32.2. The van der Waals surface area contributed by atoms with E-state index in [0.717, 1.165) is 4.31 Å². The fourth-order valence-electron chi connectivity index (χ4n) is 2.08. The van der Waals surface area contributed by atoms with Crippen molar-refractivity contribution in [3.05, 3.63) is 28.7 Å². The standard InChI is InChI=1S/C13H18N2O5S/c1-13(2,17)8-14(3)21(18,19)9-5-6-10-11(7-9)20-12(16)15(10)4/h5-7,17H,8H2,1-4H3. The number of benzene rings is 1. The van der Waals surface area contributed by atoms with E-state index in [-0.39, 0.29) is 17.0 Å². The Morgan fingerprint density at radius 2 is 2.00 bits per heavy atom. The largest absolute Gasteiger partial charge is 0.419 e. The Kier molecular flexibility index (Phi) is 3.73. The first kappa shape index (κ1) is 15.7. The van der Waals surface area contributed by atoms with Crippen LogP contribution in [-0.2, 0) is 17.1 Å². The number of aliphatic hydroxyl groups is 1. The van der Waals surface area contributed by atoms with Crippen LogP contribution in [0.15, 0.2) is 32.3 Å². The lowest BCUT2D eigenvalue weighted by Gasteiger charge is -2.25. The van der Waals surface area contributed by atoms with Gasteiger partial charge in [-0.1, -0.05) is 0 Å². The van der Waals surface area contributed by atoms with Crippen molar-refractivity contribution in [1.29, 1.82) is 0 Å².